The van der Waals surface area contributed by atoms with Gasteiger partial charge in [-0.1, -0.05) is 35.9 Å². The average Bonchev–Trinajstić information content (AvgIpc) is 3.37. The van der Waals surface area contributed by atoms with Gasteiger partial charge in [0.25, 0.3) is 0 Å². The number of hydrogen-bond donors (Lipinski definition) is 3. The van der Waals surface area contributed by atoms with Crippen LogP contribution in [-0.4, -0.2) is 58.6 Å². The first-order valence-corrected chi connectivity index (χ1v) is 11.2. The lowest BCUT2D eigenvalue weighted by atomic mass is 9.89. The molecular formula is C24H27ClO6. The van der Waals surface area contributed by atoms with Crippen LogP contribution in [0.15, 0.2) is 42.5 Å². The number of aliphatic hydroxyl groups excluding tert-OH is 3. The minimum atomic E-state index is -1.24. The largest absolute Gasteiger partial charge is 0.488 e. The lowest BCUT2D eigenvalue weighted by Gasteiger charge is -2.41. The van der Waals surface area contributed by atoms with E-state index in [9.17, 15) is 15.3 Å². The van der Waals surface area contributed by atoms with Gasteiger partial charge in [0, 0.05) is 11.4 Å². The highest BCUT2D eigenvalue weighted by Gasteiger charge is 2.60. The zero-order valence-electron chi connectivity index (χ0n) is 17.1. The molecule has 0 bridgehead atoms. The highest BCUT2D eigenvalue weighted by Crippen LogP contribution is 2.51. The van der Waals surface area contributed by atoms with Crippen molar-refractivity contribution >= 4 is 11.6 Å². The maximum Gasteiger partial charge on any atom is 0.124 e. The molecule has 2 heterocycles. The summed E-state index contributed by atoms with van der Waals surface area (Å²) >= 11 is 6.46. The summed E-state index contributed by atoms with van der Waals surface area (Å²) in [6.07, 6.45) is -1.23. The smallest absolute Gasteiger partial charge is 0.124 e. The van der Waals surface area contributed by atoms with Crippen LogP contribution in [0.25, 0.3) is 0 Å². The predicted octanol–water partition coefficient (Wildman–Crippen LogP) is 2.79. The van der Waals surface area contributed by atoms with Gasteiger partial charge < -0.3 is 29.5 Å². The lowest BCUT2D eigenvalue weighted by Crippen LogP contribution is -2.55. The summed E-state index contributed by atoms with van der Waals surface area (Å²) in [4.78, 5) is 0. The summed E-state index contributed by atoms with van der Waals surface area (Å²) in [6, 6.07) is 13.4. The second-order valence-electron chi connectivity index (χ2n) is 8.80. The number of benzene rings is 2. The number of hydrogen-bond acceptors (Lipinski definition) is 6. The molecule has 2 aromatic carbocycles. The molecule has 31 heavy (non-hydrogen) atoms. The third-order valence-electron chi connectivity index (χ3n) is 6.53. The van der Waals surface area contributed by atoms with Crippen molar-refractivity contribution in [3.05, 3.63) is 64.2 Å². The van der Waals surface area contributed by atoms with Crippen LogP contribution in [0.1, 0.15) is 42.1 Å². The van der Waals surface area contributed by atoms with E-state index in [0.29, 0.717) is 30.9 Å². The van der Waals surface area contributed by atoms with Crippen LogP contribution in [0, 0.1) is 0 Å². The molecule has 5 atom stereocenters. The van der Waals surface area contributed by atoms with Crippen molar-refractivity contribution in [3.63, 3.8) is 0 Å². The minimum absolute atomic E-state index is 0.113. The fraction of sp³-hybridized carbons (Fsp3) is 0.500. The Morgan fingerprint density at radius 3 is 2.48 bits per heavy atom. The fourth-order valence-corrected chi connectivity index (χ4v) is 4.67. The average molecular weight is 447 g/mol. The maximum absolute atomic E-state index is 10.5. The van der Waals surface area contributed by atoms with Gasteiger partial charge in [-0.25, -0.2) is 0 Å². The molecular weight excluding hydrogens is 420 g/mol. The lowest BCUT2D eigenvalue weighted by molar-refractivity contribution is -0.236. The van der Waals surface area contributed by atoms with Gasteiger partial charge in [-0.05, 0) is 54.2 Å². The van der Waals surface area contributed by atoms with Gasteiger partial charge >= 0.3 is 0 Å². The molecule has 2 aromatic rings. The zero-order chi connectivity index (χ0) is 21.6. The Labute approximate surface area is 186 Å². The van der Waals surface area contributed by atoms with Crippen LogP contribution in [0.4, 0.5) is 0 Å². The van der Waals surface area contributed by atoms with E-state index in [-0.39, 0.29) is 6.10 Å². The third-order valence-corrected chi connectivity index (χ3v) is 6.90. The SMILES string of the molecule is O[C@@H]1[C@H](O)[C@H](c2ccc(Cl)c(Cc3ccc(O[C@H]4CCOC4)cc3)c2)OC2(CC2)[C@H]1O. The van der Waals surface area contributed by atoms with Gasteiger partial charge in [0.1, 0.15) is 36.3 Å². The van der Waals surface area contributed by atoms with Gasteiger partial charge in [0.05, 0.1) is 18.8 Å². The second-order valence-corrected chi connectivity index (χ2v) is 9.21. The quantitative estimate of drug-likeness (QED) is 0.654. The number of rotatable bonds is 5. The zero-order valence-corrected chi connectivity index (χ0v) is 17.9. The molecule has 0 unspecified atom stereocenters. The minimum Gasteiger partial charge on any atom is -0.488 e. The molecule has 2 aliphatic heterocycles. The Kier molecular flexibility index (Phi) is 5.71. The van der Waals surface area contributed by atoms with Crippen LogP contribution in [0.2, 0.25) is 5.02 Å². The van der Waals surface area contributed by atoms with E-state index < -0.39 is 30.0 Å². The Hall–Kier alpha value is -1.67. The predicted molar refractivity (Wildman–Crippen MR) is 114 cm³/mol. The Bertz CT molecular complexity index is 922. The molecule has 166 valence electrons. The molecule has 1 saturated carbocycles. The van der Waals surface area contributed by atoms with Crippen LogP contribution in [0.3, 0.4) is 0 Å². The monoisotopic (exact) mass is 446 g/mol. The summed E-state index contributed by atoms with van der Waals surface area (Å²) in [5.74, 6) is 0.820. The number of ether oxygens (including phenoxy) is 3. The molecule has 1 spiro atoms. The van der Waals surface area contributed by atoms with E-state index >= 15 is 0 Å². The Morgan fingerprint density at radius 1 is 1.03 bits per heavy atom. The molecule has 3 N–H and O–H groups in total. The van der Waals surface area contributed by atoms with Crippen molar-refractivity contribution in [1.82, 2.24) is 0 Å². The van der Waals surface area contributed by atoms with E-state index in [1.165, 1.54) is 0 Å². The van der Waals surface area contributed by atoms with Crippen LogP contribution >= 0.6 is 11.6 Å². The van der Waals surface area contributed by atoms with Gasteiger partial charge in [-0.3, -0.25) is 0 Å². The summed E-state index contributed by atoms with van der Waals surface area (Å²) < 4.78 is 17.3. The Morgan fingerprint density at radius 2 is 1.81 bits per heavy atom. The van der Waals surface area contributed by atoms with Crippen molar-refractivity contribution in [3.8, 4) is 5.75 Å². The van der Waals surface area contributed by atoms with E-state index in [1.54, 1.807) is 12.1 Å². The van der Waals surface area contributed by atoms with E-state index in [4.69, 9.17) is 25.8 Å². The number of aliphatic hydroxyl groups is 3. The van der Waals surface area contributed by atoms with Crippen molar-refractivity contribution in [2.75, 3.05) is 13.2 Å². The topological polar surface area (TPSA) is 88.4 Å². The fourth-order valence-electron chi connectivity index (χ4n) is 4.48. The summed E-state index contributed by atoms with van der Waals surface area (Å²) in [5.41, 5.74) is 1.97. The second kappa shape index (κ2) is 8.35. The molecule has 0 aromatic heterocycles. The van der Waals surface area contributed by atoms with E-state index in [0.717, 1.165) is 35.5 Å². The molecule has 3 fully saturated rings. The molecule has 0 amide bonds. The van der Waals surface area contributed by atoms with Crippen LogP contribution in [-0.2, 0) is 15.9 Å². The van der Waals surface area contributed by atoms with E-state index in [2.05, 4.69) is 0 Å². The van der Waals surface area contributed by atoms with Crippen molar-refractivity contribution < 1.29 is 29.5 Å². The van der Waals surface area contributed by atoms with Gasteiger partial charge in [0.2, 0.25) is 0 Å². The van der Waals surface area contributed by atoms with Crippen LogP contribution < -0.4 is 4.74 Å². The molecule has 3 aliphatic rings. The normalized spacial score (nSPS) is 31.7. The molecule has 7 heteroatoms. The van der Waals surface area contributed by atoms with Gasteiger partial charge in [0.15, 0.2) is 0 Å². The highest BCUT2D eigenvalue weighted by molar-refractivity contribution is 6.31. The van der Waals surface area contributed by atoms with Gasteiger partial charge in [-0.15, -0.1) is 0 Å². The molecule has 2 saturated heterocycles. The molecule has 6 nitrogen and oxygen atoms in total. The summed E-state index contributed by atoms with van der Waals surface area (Å²) in [7, 11) is 0. The molecule has 1 aliphatic carbocycles. The molecule has 0 radical (unpaired) electrons. The van der Waals surface area contributed by atoms with Crippen molar-refractivity contribution in [1.29, 1.82) is 0 Å². The standard InChI is InChI=1S/C24H27ClO6/c25-19-6-3-15(22-20(26)21(27)23(28)24(31-22)8-9-24)12-16(19)11-14-1-4-17(5-2-14)30-18-7-10-29-13-18/h1-6,12,18,20-23,26-28H,7-11,13H2/t18-,20-,21+,22-,23-/m0/s1. The number of halogens is 1. The Balaban J connectivity index is 1.32. The summed E-state index contributed by atoms with van der Waals surface area (Å²) in [5, 5.41) is 31.7. The van der Waals surface area contributed by atoms with E-state index in [1.807, 2.05) is 30.3 Å². The first-order chi connectivity index (χ1) is 14.9. The molecule has 5 rings (SSSR count). The first-order valence-electron chi connectivity index (χ1n) is 10.8. The van der Waals surface area contributed by atoms with Crippen LogP contribution in [0.5, 0.6) is 5.75 Å². The highest BCUT2D eigenvalue weighted by atomic mass is 35.5. The van der Waals surface area contributed by atoms with Crippen molar-refractivity contribution in [2.24, 2.45) is 0 Å². The third kappa shape index (κ3) is 4.21. The first kappa shape index (κ1) is 21.2. The van der Waals surface area contributed by atoms with Crippen molar-refractivity contribution in [2.45, 2.75) is 61.8 Å². The summed E-state index contributed by atoms with van der Waals surface area (Å²) in [6.45, 7) is 1.38. The maximum atomic E-state index is 10.5. The van der Waals surface area contributed by atoms with Gasteiger partial charge in [-0.2, -0.15) is 0 Å².